The summed E-state index contributed by atoms with van der Waals surface area (Å²) in [6.07, 6.45) is -2.30. The van der Waals surface area contributed by atoms with E-state index in [1.54, 1.807) is 0 Å². The van der Waals surface area contributed by atoms with Gasteiger partial charge in [0.05, 0.1) is 16.6 Å². The average molecular weight is 437 g/mol. The van der Waals surface area contributed by atoms with Crippen molar-refractivity contribution in [3.05, 3.63) is 33.4 Å². The van der Waals surface area contributed by atoms with Gasteiger partial charge in [0.15, 0.2) is 5.01 Å². The molecule has 1 aromatic carbocycles. The van der Waals surface area contributed by atoms with E-state index in [4.69, 9.17) is 0 Å². The summed E-state index contributed by atoms with van der Waals surface area (Å²) in [6.45, 7) is -0.924. The number of H-pyrrole nitrogens is 1. The highest BCUT2D eigenvalue weighted by molar-refractivity contribution is 7.89. The summed E-state index contributed by atoms with van der Waals surface area (Å²) in [4.78, 5) is 13.8. The molecule has 1 saturated carbocycles. The monoisotopic (exact) mass is 437 g/mol. The van der Waals surface area contributed by atoms with Gasteiger partial charge in [0.1, 0.15) is 17.4 Å². The molecule has 3 aromatic rings. The van der Waals surface area contributed by atoms with Crippen LogP contribution in [0, 0.1) is 5.82 Å². The van der Waals surface area contributed by atoms with Crippen LogP contribution >= 0.6 is 11.3 Å². The number of rotatable bonds is 6. The zero-order valence-electron chi connectivity index (χ0n) is 13.7. The molecule has 2 aromatic heterocycles. The molecular formula is C14H11F4N5O3S2. The second-order valence-corrected chi connectivity index (χ2v) is 8.95. The van der Waals surface area contributed by atoms with Gasteiger partial charge in [-0.1, -0.05) is 11.3 Å². The number of alkyl halides is 3. The number of hydrogen-bond acceptors (Lipinski definition) is 6. The van der Waals surface area contributed by atoms with Crippen molar-refractivity contribution in [1.82, 2.24) is 24.5 Å². The number of fused-ring (bicyclic) bond motifs is 1. The maximum Gasteiger partial charge on any atom is 0.332 e. The van der Waals surface area contributed by atoms with E-state index in [1.807, 2.05) is 0 Å². The number of sulfonamides is 1. The Labute approximate surface area is 158 Å². The molecule has 4 rings (SSSR count). The lowest BCUT2D eigenvalue weighted by molar-refractivity contribution is 0.150. The molecule has 0 aliphatic heterocycles. The highest BCUT2D eigenvalue weighted by atomic mass is 32.2. The van der Waals surface area contributed by atoms with Crippen molar-refractivity contribution in [3.8, 4) is 5.13 Å². The molecule has 1 aliphatic carbocycles. The van der Waals surface area contributed by atoms with Gasteiger partial charge in [-0.05, 0) is 18.9 Å². The van der Waals surface area contributed by atoms with Crippen LogP contribution in [0.4, 0.5) is 17.6 Å². The second kappa shape index (κ2) is 6.35. The van der Waals surface area contributed by atoms with Gasteiger partial charge >= 0.3 is 5.69 Å². The molecule has 0 bridgehead atoms. The van der Waals surface area contributed by atoms with Crippen LogP contribution in [-0.2, 0) is 10.0 Å². The predicted molar refractivity (Wildman–Crippen MR) is 90.5 cm³/mol. The Balaban J connectivity index is 1.81. The molecule has 1 fully saturated rings. The second-order valence-electron chi connectivity index (χ2n) is 6.31. The Morgan fingerprint density at radius 3 is 2.61 bits per heavy atom. The summed E-state index contributed by atoms with van der Waals surface area (Å²) in [5.74, 6) is -1.19. The maximum atomic E-state index is 14.6. The zero-order chi connectivity index (χ0) is 20.3. The Morgan fingerprint density at radius 2 is 2.04 bits per heavy atom. The normalized spacial score (nSPS) is 16.2. The number of imidazole rings is 1. The van der Waals surface area contributed by atoms with Crippen molar-refractivity contribution in [1.29, 1.82) is 0 Å². The third-order valence-corrected chi connectivity index (χ3v) is 6.80. The van der Waals surface area contributed by atoms with Crippen molar-refractivity contribution < 1.29 is 26.0 Å². The minimum absolute atomic E-state index is 0.0642. The third kappa shape index (κ3) is 3.10. The molecule has 8 nitrogen and oxygen atoms in total. The van der Waals surface area contributed by atoms with E-state index in [0.29, 0.717) is 24.2 Å². The van der Waals surface area contributed by atoms with Crippen LogP contribution in [0.2, 0.25) is 0 Å². The van der Waals surface area contributed by atoms with E-state index in [0.717, 1.165) is 16.7 Å². The molecule has 0 radical (unpaired) electrons. The fraction of sp³-hybridized carbons (Fsp3) is 0.357. The summed E-state index contributed by atoms with van der Waals surface area (Å²) in [5.41, 5.74) is -2.23. The third-order valence-electron chi connectivity index (χ3n) is 4.29. The molecule has 14 heteroatoms. The molecule has 1 aliphatic rings. The van der Waals surface area contributed by atoms with E-state index in [-0.39, 0.29) is 16.2 Å². The molecule has 2 heterocycles. The van der Waals surface area contributed by atoms with Crippen molar-refractivity contribution in [3.63, 3.8) is 0 Å². The topological polar surface area (TPSA) is 110 Å². The van der Waals surface area contributed by atoms with Gasteiger partial charge < -0.3 is 4.98 Å². The van der Waals surface area contributed by atoms with Gasteiger partial charge in [0, 0.05) is 6.07 Å². The number of benzene rings is 1. The van der Waals surface area contributed by atoms with E-state index in [1.165, 1.54) is 0 Å². The Hall–Kier alpha value is -2.32. The van der Waals surface area contributed by atoms with Crippen LogP contribution in [0.1, 0.15) is 24.3 Å². The lowest BCUT2D eigenvalue weighted by Crippen LogP contribution is -2.38. The van der Waals surface area contributed by atoms with Crippen LogP contribution < -0.4 is 10.4 Å². The quantitative estimate of drug-likeness (QED) is 0.574. The van der Waals surface area contributed by atoms with Crippen molar-refractivity contribution >= 4 is 32.4 Å². The first kappa shape index (κ1) is 19.0. The summed E-state index contributed by atoms with van der Waals surface area (Å²) in [7, 11) is -4.39. The minimum Gasteiger partial charge on any atom is -0.305 e. The lowest BCUT2D eigenvalue weighted by Gasteiger charge is -2.14. The van der Waals surface area contributed by atoms with Gasteiger partial charge in [0.2, 0.25) is 15.2 Å². The molecule has 0 saturated heterocycles. The molecule has 150 valence electrons. The lowest BCUT2D eigenvalue weighted by atomic mass is 10.3. The van der Waals surface area contributed by atoms with Gasteiger partial charge in [-0.25, -0.2) is 40.1 Å². The highest BCUT2D eigenvalue weighted by Crippen LogP contribution is 2.37. The van der Waals surface area contributed by atoms with Crippen molar-refractivity contribution in [2.24, 2.45) is 0 Å². The molecule has 0 amide bonds. The van der Waals surface area contributed by atoms with Gasteiger partial charge in [0.25, 0.3) is 6.43 Å². The molecule has 0 atom stereocenters. The number of hydrogen-bond donors (Lipinski definition) is 2. The van der Waals surface area contributed by atoms with E-state index < -0.39 is 50.1 Å². The van der Waals surface area contributed by atoms with Crippen molar-refractivity contribution in [2.75, 3.05) is 6.67 Å². The zero-order valence-corrected chi connectivity index (χ0v) is 15.4. The van der Waals surface area contributed by atoms with E-state index >= 15 is 0 Å². The first-order chi connectivity index (χ1) is 13.2. The number of nitrogens with one attached hydrogen (secondary N) is 2. The van der Waals surface area contributed by atoms with Gasteiger partial charge in [-0.15, -0.1) is 10.2 Å². The standard InChI is InChI=1S/C14H11F4N5O3S2/c15-5-14(1-2-14)22-28(25,26)9-4-7-8(3-6(9)16)23(12(24)19-7)13-21-20-11(27-13)10(17)18/h3-4,10,22H,1-2,5H2,(H,19,24). The summed E-state index contributed by atoms with van der Waals surface area (Å²) < 4.78 is 80.8. The van der Waals surface area contributed by atoms with Crippen LogP contribution in [0.3, 0.4) is 0 Å². The predicted octanol–water partition coefficient (Wildman–Crippen LogP) is 2.03. The number of aromatic nitrogens is 4. The number of aromatic amines is 1. The molecule has 0 unspecified atom stereocenters. The van der Waals surface area contributed by atoms with E-state index in [9.17, 15) is 30.8 Å². The largest absolute Gasteiger partial charge is 0.332 e. The average Bonchev–Trinajstić information content (AvgIpc) is 3.07. The molecule has 28 heavy (non-hydrogen) atoms. The first-order valence-corrected chi connectivity index (χ1v) is 10.1. The van der Waals surface area contributed by atoms with Gasteiger partial charge in [-0.2, -0.15) is 0 Å². The Morgan fingerprint density at radius 1 is 1.32 bits per heavy atom. The molecule has 0 spiro atoms. The van der Waals surface area contributed by atoms with E-state index in [2.05, 4.69) is 19.9 Å². The summed E-state index contributed by atoms with van der Waals surface area (Å²) in [6, 6.07) is 1.65. The summed E-state index contributed by atoms with van der Waals surface area (Å²) >= 11 is 0.438. The maximum absolute atomic E-state index is 14.6. The van der Waals surface area contributed by atoms with Crippen molar-refractivity contribution in [2.45, 2.75) is 29.7 Å². The number of nitrogens with zero attached hydrogens (tertiary/aromatic N) is 3. The van der Waals surface area contributed by atoms with Crippen LogP contribution in [0.25, 0.3) is 16.2 Å². The highest BCUT2D eigenvalue weighted by Gasteiger charge is 2.46. The Bertz CT molecular complexity index is 1230. The molecular weight excluding hydrogens is 426 g/mol. The fourth-order valence-corrected chi connectivity index (χ4v) is 4.90. The summed E-state index contributed by atoms with van der Waals surface area (Å²) in [5, 5.41) is 5.91. The smallest absolute Gasteiger partial charge is 0.305 e. The number of halogens is 4. The molecule has 2 N–H and O–H groups in total. The van der Waals surface area contributed by atoms with Crippen LogP contribution in [-0.4, -0.2) is 40.4 Å². The first-order valence-electron chi connectivity index (χ1n) is 7.82. The van der Waals surface area contributed by atoms with Crippen LogP contribution in [0.5, 0.6) is 0 Å². The SMILES string of the molecule is O=c1[nH]c2cc(S(=O)(=O)NC3(CF)CC3)c(F)cc2n1-c1nnc(C(F)F)s1. The van der Waals surface area contributed by atoms with Gasteiger partial charge in [-0.3, -0.25) is 0 Å². The fourth-order valence-electron chi connectivity index (χ4n) is 2.66. The minimum atomic E-state index is -4.39. The van der Waals surface area contributed by atoms with Crippen LogP contribution in [0.15, 0.2) is 21.8 Å². The Kier molecular flexibility index (Phi) is 4.31.